The van der Waals surface area contributed by atoms with Gasteiger partial charge >= 0.3 is 0 Å². The molecule has 1 amide bonds. The zero-order valence-electron chi connectivity index (χ0n) is 17.5. The van der Waals surface area contributed by atoms with Crippen LogP contribution in [0.25, 0.3) is 33.2 Å². The Balaban J connectivity index is 2.12. The topological polar surface area (TPSA) is 67.3 Å². The predicted molar refractivity (Wildman–Crippen MR) is 117 cm³/mol. The lowest BCUT2D eigenvalue weighted by Crippen LogP contribution is -2.18. The minimum Gasteiger partial charge on any atom is -0.489 e. The molecule has 0 radical (unpaired) electrons. The molecule has 2 aromatic carbocycles. The minimum absolute atomic E-state index is 0.0101. The van der Waals surface area contributed by atoms with Gasteiger partial charge in [-0.1, -0.05) is 36.8 Å². The summed E-state index contributed by atoms with van der Waals surface area (Å²) in [6.45, 7) is 8.13. The Morgan fingerprint density at radius 1 is 1.24 bits per heavy atom. The van der Waals surface area contributed by atoms with Crippen molar-refractivity contribution in [1.82, 2.24) is 10.3 Å². The molecule has 0 fully saturated rings. The highest BCUT2D eigenvalue weighted by Crippen LogP contribution is 2.42. The fourth-order valence-electron chi connectivity index (χ4n) is 3.77. The van der Waals surface area contributed by atoms with E-state index in [-0.39, 0.29) is 12.0 Å². The van der Waals surface area contributed by atoms with Crippen LogP contribution in [0.4, 0.5) is 0 Å². The molecule has 2 aromatic heterocycles. The van der Waals surface area contributed by atoms with Gasteiger partial charge < -0.3 is 19.5 Å². The molecule has 0 unspecified atom stereocenters. The molecule has 2 N–H and O–H groups in total. The van der Waals surface area contributed by atoms with Gasteiger partial charge in [-0.2, -0.15) is 0 Å². The lowest BCUT2D eigenvalue weighted by Gasteiger charge is -2.11. The number of H-pyrrole nitrogens is 1. The van der Waals surface area contributed by atoms with Gasteiger partial charge in [-0.15, -0.1) is 0 Å². The molecule has 0 spiro atoms. The largest absolute Gasteiger partial charge is 0.489 e. The Morgan fingerprint density at radius 2 is 1.97 bits per heavy atom. The first-order valence-corrected chi connectivity index (χ1v) is 9.99. The van der Waals surface area contributed by atoms with Gasteiger partial charge in [0.15, 0.2) is 0 Å². The van der Waals surface area contributed by atoms with Gasteiger partial charge in [0.25, 0.3) is 5.91 Å². The zero-order valence-corrected chi connectivity index (χ0v) is 17.5. The van der Waals surface area contributed by atoms with Crippen LogP contribution < -0.4 is 10.1 Å². The zero-order chi connectivity index (χ0) is 20.7. The highest BCUT2D eigenvalue weighted by Gasteiger charge is 2.26. The molecule has 0 aliphatic heterocycles. The molecule has 4 aromatic rings. The second-order valence-corrected chi connectivity index (χ2v) is 7.59. The van der Waals surface area contributed by atoms with E-state index in [1.807, 2.05) is 57.3 Å². The molecule has 0 saturated heterocycles. The highest BCUT2D eigenvalue weighted by atomic mass is 16.5. The molecule has 5 heteroatoms. The van der Waals surface area contributed by atoms with Crippen molar-refractivity contribution in [2.75, 3.05) is 7.05 Å². The predicted octanol–water partition coefficient (Wildman–Crippen LogP) is 5.60. The monoisotopic (exact) mass is 390 g/mol. The number of hydrogen-bond acceptors (Lipinski definition) is 3. The molecular weight excluding hydrogens is 364 g/mol. The fourth-order valence-corrected chi connectivity index (χ4v) is 3.77. The van der Waals surface area contributed by atoms with E-state index in [2.05, 4.69) is 17.2 Å². The van der Waals surface area contributed by atoms with Crippen LogP contribution in [-0.4, -0.2) is 24.0 Å². The lowest BCUT2D eigenvalue weighted by molar-refractivity contribution is 0.0964. The van der Waals surface area contributed by atoms with Crippen LogP contribution in [0, 0.1) is 6.92 Å². The summed E-state index contributed by atoms with van der Waals surface area (Å²) in [5.41, 5.74) is 5.30. The van der Waals surface area contributed by atoms with Crippen LogP contribution in [0.3, 0.4) is 0 Å². The summed E-state index contributed by atoms with van der Waals surface area (Å²) in [6.07, 6.45) is 2.84. The number of carbonyl (C=O) groups is 1. The molecule has 5 nitrogen and oxygen atoms in total. The molecule has 4 rings (SSSR count). The van der Waals surface area contributed by atoms with Crippen LogP contribution in [-0.2, 0) is 6.42 Å². The molecule has 0 aliphatic rings. The van der Waals surface area contributed by atoms with E-state index in [1.165, 1.54) is 0 Å². The van der Waals surface area contributed by atoms with Gasteiger partial charge in [0, 0.05) is 29.6 Å². The summed E-state index contributed by atoms with van der Waals surface area (Å²) < 4.78 is 12.5. The Bertz CT molecular complexity index is 1200. The summed E-state index contributed by atoms with van der Waals surface area (Å²) in [7, 11) is 1.64. The van der Waals surface area contributed by atoms with Gasteiger partial charge in [-0.3, -0.25) is 4.79 Å². The van der Waals surface area contributed by atoms with Crippen LogP contribution >= 0.6 is 0 Å². The quantitative estimate of drug-likeness (QED) is 0.466. The maximum atomic E-state index is 12.9. The summed E-state index contributed by atoms with van der Waals surface area (Å²) in [4.78, 5) is 16.2. The average Bonchev–Trinajstić information content (AvgIpc) is 3.29. The van der Waals surface area contributed by atoms with E-state index in [9.17, 15) is 4.79 Å². The van der Waals surface area contributed by atoms with Crippen LogP contribution in [0.5, 0.6) is 5.75 Å². The van der Waals surface area contributed by atoms with Crippen LogP contribution in [0.2, 0.25) is 0 Å². The molecule has 0 saturated carbocycles. The molecule has 2 heterocycles. The number of rotatable bonds is 5. The van der Waals surface area contributed by atoms with Crippen LogP contribution in [0.1, 0.15) is 42.3 Å². The van der Waals surface area contributed by atoms with Crippen molar-refractivity contribution in [2.45, 2.75) is 40.2 Å². The standard InChI is InChI=1S/C24H26N2O3/c1-6-15-12-26-21-18(28-13(2)3)11-17-20(24(27)25-5)22(29-23(17)19(15)21)16-9-7-14(4)8-10-16/h7-13,26H,6H2,1-5H3,(H,25,27). The number of aromatic amines is 1. The Kier molecular flexibility index (Phi) is 4.82. The number of furan rings is 1. The van der Waals surface area contributed by atoms with Crippen molar-refractivity contribution in [3.63, 3.8) is 0 Å². The first kappa shape index (κ1) is 19.1. The fraction of sp³-hybridized carbons (Fsp3) is 0.292. The number of aryl methyl sites for hydroxylation is 2. The van der Waals surface area contributed by atoms with Gasteiger partial charge in [-0.25, -0.2) is 0 Å². The molecule has 0 atom stereocenters. The molecular formula is C24H26N2O3. The number of nitrogens with one attached hydrogen (secondary N) is 2. The number of amides is 1. The average molecular weight is 390 g/mol. The third-order valence-corrected chi connectivity index (χ3v) is 5.17. The van der Waals surface area contributed by atoms with Gasteiger partial charge in [0.05, 0.1) is 17.2 Å². The van der Waals surface area contributed by atoms with Crippen molar-refractivity contribution in [3.05, 3.63) is 53.2 Å². The minimum atomic E-state index is -0.178. The maximum Gasteiger partial charge on any atom is 0.255 e. The lowest BCUT2D eigenvalue weighted by atomic mass is 10.0. The van der Waals surface area contributed by atoms with Gasteiger partial charge in [-0.05, 0) is 38.8 Å². The SMILES string of the molecule is CCc1c[nH]c2c(OC(C)C)cc3c(C(=O)NC)c(-c4ccc(C)cc4)oc3c12. The van der Waals surface area contributed by atoms with E-state index in [0.29, 0.717) is 16.9 Å². The number of benzene rings is 2. The first-order chi connectivity index (χ1) is 13.9. The summed E-state index contributed by atoms with van der Waals surface area (Å²) in [5, 5.41) is 4.50. The second-order valence-electron chi connectivity index (χ2n) is 7.59. The molecule has 0 bridgehead atoms. The third kappa shape index (κ3) is 3.16. The molecule has 29 heavy (non-hydrogen) atoms. The second kappa shape index (κ2) is 7.32. The van der Waals surface area contributed by atoms with Crippen molar-refractivity contribution in [1.29, 1.82) is 0 Å². The smallest absolute Gasteiger partial charge is 0.255 e. The Morgan fingerprint density at radius 3 is 2.59 bits per heavy atom. The summed E-state index contributed by atoms with van der Waals surface area (Å²) in [5.74, 6) is 1.12. The third-order valence-electron chi connectivity index (χ3n) is 5.17. The number of hydrogen-bond donors (Lipinski definition) is 2. The number of fused-ring (bicyclic) bond motifs is 3. The Labute approximate surface area is 170 Å². The molecule has 150 valence electrons. The van der Waals surface area contributed by atoms with Crippen molar-refractivity contribution in [2.24, 2.45) is 0 Å². The first-order valence-electron chi connectivity index (χ1n) is 9.99. The number of ether oxygens (including phenoxy) is 1. The van der Waals surface area contributed by atoms with Crippen molar-refractivity contribution < 1.29 is 13.9 Å². The number of carbonyl (C=O) groups excluding carboxylic acids is 1. The highest BCUT2D eigenvalue weighted by molar-refractivity contribution is 6.18. The van der Waals surface area contributed by atoms with E-state index in [1.54, 1.807) is 7.05 Å². The maximum absolute atomic E-state index is 12.9. The van der Waals surface area contributed by atoms with Crippen molar-refractivity contribution in [3.8, 4) is 17.1 Å². The van der Waals surface area contributed by atoms with E-state index < -0.39 is 0 Å². The number of aromatic nitrogens is 1. The Hall–Kier alpha value is -3.21. The summed E-state index contributed by atoms with van der Waals surface area (Å²) in [6, 6.07) is 9.93. The van der Waals surface area contributed by atoms with E-state index in [0.717, 1.165) is 45.1 Å². The normalized spacial score (nSPS) is 11.5. The van der Waals surface area contributed by atoms with Crippen molar-refractivity contribution >= 4 is 27.8 Å². The van der Waals surface area contributed by atoms with E-state index in [4.69, 9.17) is 9.15 Å². The van der Waals surface area contributed by atoms with Gasteiger partial charge in [0.2, 0.25) is 0 Å². The molecule has 0 aliphatic carbocycles. The summed E-state index contributed by atoms with van der Waals surface area (Å²) >= 11 is 0. The van der Waals surface area contributed by atoms with Gasteiger partial charge in [0.1, 0.15) is 17.1 Å². The van der Waals surface area contributed by atoms with Crippen LogP contribution in [0.15, 0.2) is 40.9 Å². The van der Waals surface area contributed by atoms with E-state index >= 15 is 0 Å².